The first-order valence-electron chi connectivity index (χ1n) is 6.03. The van der Waals surface area contributed by atoms with Gasteiger partial charge in [-0.2, -0.15) is 0 Å². The molecular formula is C14H19ClN2. The SMILES string of the molecule is CC1(c2ccccc2)CN(C/C=C/Cl)CCN1. The monoisotopic (exact) mass is 250 g/mol. The summed E-state index contributed by atoms with van der Waals surface area (Å²) in [6.45, 7) is 6.29. The molecule has 2 nitrogen and oxygen atoms in total. The summed E-state index contributed by atoms with van der Waals surface area (Å²) in [4.78, 5) is 2.42. The molecule has 1 aromatic rings. The van der Waals surface area contributed by atoms with Crippen molar-refractivity contribution in [2.75, 3.05) is 26.2 Å². The van der Waals surface area contributed by atoms with Gasteiger partial charge in [0.1, 0.15) is 0 Å². The first kappa shape index (κ1) is 12.6. The van der Waals surface area contributed by atoms with Gasteiger partial charge in [0.2, 0.25) is 0 Å². The van der Waals surface area contributed by atoms with Gasteiger partial charge in [0.15, 0.2) is 0 Å². The normalized spacial score (nSPS) is 26.5. The van der Waals surface area contributed by atoms with E-state index in [1.54, 1.807) is 5.54 Å². The molecule has 0 bridgehead atoms. The third kappa shape index (κ3) is 3.09. The average Bonchev–Trinajstić information content (AvgIpc) is 2.38. The maximum atomic E-state index is 5.59. The van der Waals surface area contributed by atoms with E-state index < -0.39 is 0 Å². The highest BCUT2D eigenvalue weighted by atomic mass is 35.5. The second-order valence-corrected chi connectivity index (χ2v) is 4.97. The van der Waals surface area contributed by atoms with Crippen LogP contribution in [0, 0.1) is 0 Å². The summed E-state index contributed by atoms with van der Waals surface area (Å²) in [5, 5.41) is 3.62. The standard InChI is InChI=1S/C14H19ClN2/c1-14(13-6-3-2-4-7-13)12-17(10-5-8-15)11-9-16-14/h2-8,16H,9-12H2,1H3/b8-5+. The molecule has 0 spiro atoms. The van der Waals surface area contributed by atoms with Gasteiger partial charge in [-0.05, 0) is 12.5 Å². The Hall–Kier alpha value is -0.830. The van der Waals surface area contributed by atoms with Crippen LogP contribution >= 0.6 is 11.6 Å². The molecule has 0 saturated carbocycles. The lowest BCUT2D eigenvalue weighted by molar-refractivity contribution is 0.156. The Morgan fingerprint density at radius 3 is 2.88 bits per heavy atom. The number of halogens is 1. The highest BCUT2D eigenvalue weighted by Gasteiger charge is 2.31. The second-order valence-electron chi connectivity index (χ2n) is 4.72. The molecule has 1 aromatic carbocycles. The number of hydrogen-bond donors (Lipinski definition) is 1. The Bertz CT molecular complexity index is 377. The zero-order valence-electron chi connectivity index (χ0n) is 10.2. The van der Waals surface area contributed by atoms with E-state index in [2.05, 4.69) is 47.5 Å². The van der Waals surface area contributed by atoms with Gasteiger partial charge in [0.05, 0.1) is 5.54 Å². The highest BCUT2D eigenvalue weighted by molar-refractivity contribution is 6.25. The Balaban J connectivity index is 2.10. The van der Waals surface area contributed by atoms with E-state index in [0.717, 1.165) is 26.2 Å². The Morgan fingerprint density at radius 1 is 1.41 bits per heavy atom. The van der Waals surface area contributed by atoms with E-state index in [0.29, 0.717) is 0 Å². The van der Waals surface area contributed by atoms with Gasteiger partial charge in [0, 0.05) is 31.7 Å². The molecule has 1 saturated heterocycles. The first-order chi connectivity index (χ1) is 8.24. The number of nitrogens with zero attached hydrogens (tertiary/aromatic N) is 1. The molecule has 0 amide bonds. The molecule has 0 radical (unpaired) electrons. The van der Waals surface area contributed by atoms with Crippen LogP contribution in [0.5, 0.6) is 0 Å². The molecule has 92 valence electrons. The van der Waals surface area contributed by atoms with Crippen LogP contribution in [-0.4, -0.2) is 31.1 Å². The van der Waals surface area contributed by atoms with Crippen LogP contribution in [0.25, 0.3) is 0 Å². The van der Waals surface area contributed by atoms with Gasteiger partial charge in [-0.15, -0.1) is 0 Å². The fourth-order valence-electron chi connectivity index (χ4n) is 2.42. The molecule has 1 fully saturated rings. The molecule has 1 N–H and O–H groups in total. The van der Waals surface area contributed by atoms with Crippen molar-refractivity contribution < 1.29 is 0 Å². The van der Waals surface area contributed by atoms with E-state index in [1.807, 2.05) is 6.08 Å². The van der Waals surface area contributed by atoms with Crippen LogP contribution in [0.1, 0.15) is 12.5 Å². The van der Waals surface area contributed by atoms with Crippen LogP contribution in [0.15, 0.2) is 41.9 Å². The fraction of sp³-hybridized carbons (Fsp3) is 0.429. The van der Waals surface area contributed by atoms with Crippen LogP contribution in [0.3, 0.4) is 0 Å². The fourth-order valence-corrected chi connectivity index (χ4v) is 2.50. The summed E-state index contributed by atoms with van der Waals surface area (Å²) in [6, 6.07) is 10.6. The molecule has 17 heavy (non-hydrogen) atoms. The van der Waals surface area contributed by atoms with E-state index in [9.17, 15) is 0 Å². The van der Waals surface area contributed by atoms with Gasteiger partial charge < -0.3 is 5.32 Å². The van der Waals surface area contributed by atoms with E-state index >= 15 is 0 Å². The number of piperazine rings is 1. The van der Waals surface area contributed by atoms with Crippen molar-refractivity contribution >= 4 is 11.6 Å². The minimum Gasteiger partial charge on any atom is -0.305 e. The molecule has 1 atom stereocenters. The van der Waals surface area contributed by atoms with Crippen LogP contribution < -0.4 is 5.32 Å². The molecule has 0 aromatic heterocycles. The highest BCUT2D eigenvalue weighted by Crippen LogP contribution is 2.24. The van der Waals surface area contributed by atoms with Crippen molar-refractivity contribution in [3.8, 4) is 0 Å². The van der Waals surface area contributed by atoms with E-state index in [-0.39, 0.29) is 5.54 Å². The molecule has 3 heteroatoms. The van der Waals surface area contributed by atoms with Crippen molar-refractivity contribution in [3.05, 3.63) is 47.5 Å². The second kappa shape index (κ2) is 5.67. The predicted molar refractivity (Wildman–Crippen MR) is 73.2 cm³/mol. The lowest BCUT2D eigenvalue weighted by Crippen LogP contribution is -2.56. The lowest BCUT2D eigenvalue weighted by Gasteiger charge is -2.41. The van der Waals surface area contributed by atoms with Gasteiger partial charge in [-0.25, -0.2) is 0 Å². The van der Waals surface area contributed by atoms with Crippen molar-refractivity contribution in [2.24, 2.45) is 0 Å². The topological polar surface area (TPSA) is 15.3 Å². The summed E-state index contributed by atoms with van der Waals surface area (Å²) in [7, 11) is 0. The molecule has 0 aliphatic carbocycles. The molecule has 2 rings (SSSR count). The maximum Gasteiger partial charge on any atom is 0.0535 e. The molecule has 1 aliphatic rings. The van der Waals surface area contributed by atoms with Gasteiger partial charge >= 0.3 is 0 Å². The van der Waals surface area contributed by atoms with Crippen LogP contribution in [0.2, 0.25) is 0 Å². The van der Waals surface area contributed by atoms with Gasteiger partial charge in [0.25, 0.3) is 0 Å². The summed E-state index contributed by atoms with van der Waals surface area (Å²) in [5.41, 5.74) is 2.99. The summed E-state index contributed by atoms with van der Waals surface area (Å²) in [5.74, 6) is 0. The Morgan fingerprint density at radius 2 is 2.18 bits per heavy atom. The van der Waals surface area contributed by atoms with Crippen LogP contribution in [-0.2, 0) is 5.54 Å². The average molecular weight is 251 g/mol. The number of nitrogens with one attached hydrogen (secondary N) is 1. The largest absolute Gasteiger partial charge is 0.305 e. The van der Waals surface area contributed by atoms with Crippen molar-refractivity contribution in [1.29, 1.82) is 0 Å². The van der Waals surface area contributed by atoms with Crippen molar-refractivity contribution in [1.82, 2.24) is 10.2 Å². The Labute approximate surface area is 108 Å². The lowest BCUT2D eigenvalue weighted by atomic mass is 9.90. The Kier molecular flexibility index (Phi) is 4.21. The molecular weight excluding hydrogens is 232 g/mol. The minimum absolute atomic E-state index is 0.0413. The first-order valence-corrected chi connectivity index (χ1v) is 6.46. The van der Waals surface area contributed by atoms with Crippen molar-refractivity contribution in [2.45, 2.75) is 12.5 Å². The molecule has 1 heterocycles. The van der Waals surface area contributed by atoms with Crippen molar-refractivity contribution in [3.63, 3.8) is 0 Å². The third-order valence-corrected chi connectivity index (χ3v) is 3.52. The third-order valence-electron chi connectivity index (χ3n) is 3.35. The minimum atomic E-state index is 0.0413. The number of rotatable bonds is 3. The van der Waals surface area contributed by atoms with E-state index in [1.165, 1.54) is 5.56 Å². The molecule has 1 unspecified atom stereocenters. The summed E-state index contributed by atoms with van der Waals surface area (Å²) < 4.78 is 0. The quantitative estimate of drug-likeness (QED) is 0.887. The number of benzene rings is 1. The zero-order chi connectivity index (χ0) is 12.1. The van der Waals surface area contributed by atoms with Gasteiger partial charge in [-0.3, -0.25) is 4.90 Å². The predicted octanol–water partition coefficient (Wildman–Crippen LogP) is 2.56. The van der Waals surface area contributed by atoms with E-state index in [4.69, 9.17) is 11.6 Å². The molecule has 1 aliphatic heterocycles. The summed E-state index contributed by atoms with van der Waals surface area (Å²) >= 11 is 5.59. The number of hydrogen-bond acceptors (Lipinski definition) is 2. The smallest absolute Gasteiger partial charge is 0.0535 e. The zero-order valence-corrected chi connectivity index (χ0v) is 11.0. The maximum absolute atomic E-state index is 5.59. The van der Waals surface area contributed by atoms with Gasteiger partial charge in [-0.1, -0.05) is 48.0 Å². The van der Waals surface area contributed by atoms with Crippen LogP contribution in [0.4, 0.5) is 0 Å². The summed E-state index contributed by atoms with van der Waals surface area (Å²) in [6.07, 6.45) is 2.00.